The fraction of sp³-hybridized carbons (Fsp3) is 0.667. The highest BCUT2D eigenvalue weighted by atomic mass is 16.9. The van der Waals surface area contributed by atoms with Crippen LogP contribution in [0.5, 0.6) is 0 Å². The van der Waals surface area contributed by atoms with Crippen molar-refractivity contribution in [2.75, 3.05) is 5.73 Å². The summed E-state index contributed by atoms with van der Waals surface area (Å²) in [5.74, 6) is 1.79. The Kier molecular flexibility index (Phi) is 4.97. The maximum absolute atomic E-state index is 8.36. The Labute approximate surface area is 80.3 Å². The summed E-state index contributed by atoms with van der Waals surface area (Å²) in [5, 5.41) is 20.1. The van der Waals surface area contributed by atoms with Gasteiger partial charge in [-0.3, -0.25) is 5.10 Å². The molecule has 0 spiro atoms. The van der Waals surface area contributed by atoms with E-state index in [-0.39, 0.29) is 0 Å². The molecule has 0 aliphatic carbocycles. The Hall–Kier alpha value is -1.86. The van der Waals surface area contributed by atoms with Crippen LogP contribution in [0.2, 0.25) is 0 Å². The standard InChI is InChI=1S/C6H12N4.HNO3/c1-4(2)3-5-8-6(7)10-9-5;2-1(3)4/h4H,3H2,1-2H3,(H3,7,8,9,10);(H,2,3,4). The molecule has 8 heteroatoms. The summed E-state index contributed by atoms with van der Waals surface area (Å²) in [5.41, 5.74) is 5.30. The molecule has 0 aromatic carbocycles. The Morgan fingerprint density at radius 1 is 1.71 bits per heavy atom. The molecule has 0 fully saturated rings. The van der Waals surface area contributed by atoms with E-state index in [0.29, 0.717) is 11.9 Å². The lowest BCUT2D eigenvalue weighted by Crippen LogP contribution is -1.96. The number of aromatic nitrogens is 3. The predicted molar refractivity (Wildman–Crippen MR) is 48.1 cm³/mol. The van der Waals surface area contributed by atoms with Crippen LogP contribution in [0.15, 0.2) is 0 Å². The van der Waals surface area contributed by atoms with Crippen molar-refractivity contribution in [3.05, 3.63) is 15.9 Å². The van der Waals surface area contributed by atoms with Gasteiger partial charge in [-0.15, -0.1) is 15.2 Å². The molecule has 4 N–H and O–H groups in total. The molecule has 0 saturated heterocycles. The summed E-state index contributed by atoms with van der Waals surface area (Å²) in [6.07, 6.45) is 0.907. The van der Waals surface area contributed by atoms with Gasteiger partial charge in [-0.1, -0.05) is 13.8 Å². The molecule has 0 aliphatic rings. The van der Waals surface area contributed by atoms with Crippen molar-refractivity contribution < 1.29 is 10.3 Å². The van der Waals surface area contributed by atoms with E-state index in [0.717, 1.165) is 12.2 Å². The number of nitrogens with one attached hydrogen (secondary N) is 1. The van der Waals surface area contributed by atoms with Crippen molar-refractivity contribution in [3.8, 4) is 0 Å². The number of anilines is 1. The van der Waals surface area contributed by atoms with Gasteiger partial charge in [0.1, 0.15) is 5.82 Å². The van der Waals surface area contributed by atoms with Gasteiger partial charge < -0.3 is 10.9 Å². The van der Waals surface area contributed by atoms with Crippen molar-refractivity contribution in [1.82, 2.24) is 15.2 Å². The molecule has 0 unspecified atom stereocenters. The van der Waals surface area contributed by atoms with Crippen molar-refractivity contribution in [1.29, 1.82) is 0 Å². The summed E-state index contributed by atoms with van der Waals surface area (Å²) in [6, 6.07) is 0. The van der Waals surface area contributed by atoms with Crippen LogP contribution < -0.4 is 5.73 Å². The van der Waals surface area contributed by atoms with E-state index in [2.05, 4.69) is 29.0 Å². The molecule has 0 atom stereocenters. The lowest BCUT2D eigenvalue weighted by molar-refractivity contribution is -0.742. The van der Waals surface area contributed by atoms with E-state index in [1.807, 2.05) is 0 Å². The van der Waals surface area contributed by atoms with Crippen LogP contribution in [-0.2, 0) is 6.42 Å². The first-order valence-electron chi connectivity index (χ1n) is 3.91. The fourth-order valence-electron chi connectivity index (χ4n) is 0.788. The summed E-state index contributed by atoms with van der Waals surface area (Å²) in [4.78, 5) is 12.3. The normalized spacial score (nSPS) is 9.36. The highest BCUT2D eigenvalue weighted by Crippen LogP contribution is 2.02. The topological polar surface area (TPSA) is 131 Å². The zero-order valence-electron chi connectivity index (χ0n) is 7.97. The number of aromatic amines is 1. The zero-order valence-corrected chi connectivity index (χ0v) is 7.97. The van der Waals surface area contributed by atoms with Crippen LogP contribution in [0, 0.1) is 16.0 Å². The molecule has 0 amide bonds. The molecule has 0 bridgehead atoms. The fourth-order valence-corrected chi connectivity index (χ4v) is 0.788. The first kappa shape index (κ1) is 12.1. The van der Waals surface area contributed by atoms with E-state index < -0.39 is 5.09 Å². The number of rotatable bonds is 2. The Morgan fingerprint density at radius 3 is 2.50 bits per heavy atom. The maximum Gasteiger partial charge on any atom is 0.291 e. The molecule has 14 heavy (non-hydrogen) atoms. The lowest BCUT2D eigenvalue weighted by Gasteiger charge is -1.97. The third-order valence-corrected chi connectivity index (χ3v) is 1.15. The second-order valence-electron chi connectivity index (χ2n) is 2.98. The van der Waals surface area contributed by atoms with E-state index in [9.17, 15) is 0 Å². The van der Waals surface area contributed by atoms with Gasteiger partial charge in [0.05, 0.1) is 0 Å². The second kappa shape index (κ2) is 5.73. The monoisotopic (exact) mass is 203 g/mol. The first-order valence-corrected chi connectivity index (χ1v) is 3.91. The number of hydrogen-bond acceptors (Lipinski definition) is 5. The van der Waals surface area contributed by atoms with Crippen molar-refractivity contribution in [2.24, 2.45) is 5.92 Å². The Balaban J connectivity index is 0.000000364. The first-order chi connectivity index (χ1) is 6.41. The minimum absolute atomic E-state index is 0.329. The summed E-state index contributed by atoms with van der Waals surface area (Å²) >= 11 is 0. The van der Waals surface area contributed by atoms with Crippen LogP contribution >= 0.6 is 0 Å². The Morgan fingerprint density at radius 2 is 2.21 bits per heavy atom. The van der Waals surface area contributed by atoms with Crippen LogP contribution in [0.1, 0.15) is 19.7 Å². The van der Waals surface area contributed by atoms with Gasteiger partial charge >= 0.3 is 0 Å². The summed E-state index contributed by atoms with van der Waals surface area (Å²) in [6.45, 7) is 4.25. The number of H-pyrrole nitrogens is 1. The number of nitrogen functional groups attached to an aromatic ring is 1. The highest BCUT2D eigenvalue weighted by molar-refractivity contribution is 5.12. The molecular formula is C6H13N5O3. The van der Waals surface area contributed by atoms with E-state index in [1.165, 1.54) is 0 Å². The number of nitrogens with two attached hydrogens (primary N) is 1. The Bertz CT molecular complexity index is 281. The van der Waals surface area contributed by atoms with E-state index in [1.54, 1.807) is 0 Å². The largest absolute Gasteiger partial charge is 0.367 e. The maximum atomic E-state index is 8.36. The van der Waals surface area contributed by atoms with Crippen LogP contribution in [-0.4, -0.2) is 25.5 Å². The van der Waals surface area contributed by atoms with Gasteiger partial charge in [0.2, 0.25) is 5.95 Å². The van der Waals surface area contributed by atoms with Crippen LogP contribution in [0.4, 0.5) is 5.95 Å². The molecule has 1 aromatic heterocycles. The van der Waals surface area contributed by atoms with Gasteiger partial charge in [-0.05, 0) is 5.92 Å². The molecule has 0 saturated carbocycles. The third kappa shape index (κ3) is 6.83. The average Bonchev–Trinajstić information content (AvgIpc) is 2.32. The molecular weight excluding hydrogens is 190 g/mol. The highest BCUT2D eigenvalue weighted by Gasteiger charge is 2.01. The molecule has 0 radical (unpaired) electrons. The molecule has 1 aromatic rings. The molecule has 0 aliphatic heterocycles. The average molecular weight is 203 g/mol. The van der Waals surface area contributed by atoms with Gasteiger partial charge in [-0.2, -0.15) is 4.98 Å². The van der Waals surface area contributed by atoms with Gasteiger partial charge in [0.25, 0.3) is 5.09 Å². The summed E-state index contributed by atoms with van der Waals surface area (Å²) < 4.78 is 0. The minimum Gasteiger partial charge on any atom is -0.367 e. The predicted octanol–water partition coefficient (Wildman–Crippen LogP) is 0.238. The summed E-state index contributed by atoms with van der Waals surface area (Å²) in [7, 11) is 0. The van der Waals surface area contributed by atoms with Crippen molar-refractivity contribution in [2.45, 2.75) is 20.3 Å². The SMILES string of the molecule is CC(C)Cc1nc(N)n[nH]1.O=[N+]([O-])O. The van der Waals surface area contributed by atoms with Gasteiger partial charge in [0, 0.05) is 6.42 Å². The molecule has 8 nitrogen and oxygen atoms in total. The zero-order chi connectivity index (χ0) is 11.1. The second-order valence-corrected chi connectivity index (χ2v) is 2.98. The van der Waals surface area contributed by atoms with Gasteiger partial charge in [-0.25, -0.2) is 0 Å². The number of hydrogen-bond donors (Lipinski definition) is 3. The smallest absolute Gasteiger partial charge is 0.291 e. The molecule has 1 heterocycles. The molecule has 1 rings (SSSR count). The number of nitrogens with zero attached hydrogens (tertiary/aromatic N) is 3. The van der Waals surface area contributed by atoms with Crippen molar-refractivity contribution in [3.63, 3.8) is 0 Å². The van der Waals surface area contributed by atoms with E-state index in [4.69, 9.17) is 21.1 Å². The third-order valence-electron chi connectivity index (χ3n) is 1.15. The van der Waals surface area contributed by atoms with Crippen LogP contribution in [0.3, 0.4) is 0 Å². The quantitative estimate of drug-likeness (QED) is 0.466. The lowest BCUT2D eigenvalue weighted by atomic mass is 10.1. The molecule has 80 valence electrons. The van der Waals surface area contributed by atoms with Gasteiger partial charge in [0.15, 0.2) is 0 Å². The minimum atomic E-state index is -1.50. The van der Waals surface area contributed by atoms with Crippen LogP contribution in [0.25, 0.3) is 0 Å². The van der Waals surface area contributed by atoms with E-state index >= 15 is 0 Å². The van der Waals surface area contributed by atoms with Crippen molar-refractivity contribution >= 4 is 5.95 Å².